The van der Waals surface area contributed by atoms with E-state index in [1.165, 1.54) is 0 Å². The molecular weight excluding hydrogens is 264 g/mol. The lowest BCUT2D eigenvalue weighted by Crippen LogP contribution is -2.41. The molecule has 0 fully saturated rings. The van der Waals surface area contributed by atoms with Gasteiger partial charge in [0.1, 0.15) is 5.69 Å². The minimum Gasteiger partial charge on any atom is -0.357 e. The van der Waals surface area contributed by atoms with E-state index in [0.717, 1.165) is 29.5 Å². The van der Waals surface area contributed by atoms with Crippen LogP contribution in [-0.4, -0.2) is 23.7 Å². The molecule has 2 aromatic rings. The van der Waals surface area contributed by atoms with Crippen molar-refractivity contribution >= 4 is 5.96 Å². The molecule has 1 aromatic heterocycles. The van der Waals surface area contributed by atoms with Gasteiger partial charge in [-0.3, -0.25) is 0 Å². The maximum Gasteiger partial charge on any atom is 0.191 e. The van der Waals surface area contributed by atoms with Gasteiger partial charge in [0.25, 0.3) is 0 Å². The number of nitrogens with one attached hydrogen (secondary N) is 2. The predicted octanol–water partition coefficient (Wildman–Crippen LogP) is 2.81. The monoisotopic (exact) mass is 286 g/mol. The Labute approximate surface area is 125 Å². The van der Waals surface area contributed by atoms with Crippen molar-refractivity contribution < 1.29 is 4.52 Å². The van der Waals surface area contributed by atoms with Gasteiger partial charge < -0.3 is 15.2 Å². The lowest BCUT2D eigenvalue weighted by molar-refractivity contribution is 0.424. The highest BCUT2D eigenvalue weighted by Gasteiger charge is 2.06. The highest BCUT2D eigenvalue weighted by molar-refractivity contribution is 5.79. The molecule has 0 spiro atoms. The molecule has 0 aliphatic carbocycles. The van der Waals surface area contributed by atoms with Crippen LogP contribution in [0.1, 0.15) is 26.5 Å². The Morgan fingerprint density at radius 3 is 2.71 bits per heavy atom. The van der Waals surface area contributed by atoms with Crippen molar-refractivity contribution in [3.63, 3.8) is 0 Å². The molecule has 0 aliphatic heterocycles. The summed E-state index contributed by atoms with van der Waals surface area (Å²) < 4.78 is 5.36. The lowest BCUT2D eigenvalue weighted by atomic mass is 10.2. The van der Waals surface area contributed by atoms with Crippen LogP contribution in [-0.2, 0) is 6.54 Å². The molecule has 2 rings (SSSR count). The third-order valence-corrected chi connectivity index (χ3v) is 2.79. The van der Waals surface area contributed by atoms with Crippen LogP contribution in [0.4, 0.5) is 0 Å². The minimum atomic E-state index is 0.333. The van der Waals surface area contributed by atoms with Gasteiger partial charge in [0, 0.05) is 24.2 Å². The largest absolute Gasteiger partial charge is 0.357 e. The van der Waals surface area contributed by atoms with Gasteiger partial charge in [-0.25, -0.2) is 4.99 Å². The number of benzene rings is 1. The van der Waals surface area contributed by atoms with Crippen LogP contribution >= 0.6 is 0 Å². The van der Waals surface area contributed by atoms with Gasteiger partial charge in [0.05, 0.1) is 6.54 Å². The van der Waals surface area contributed by atoms with Crippen LogP contribution in [0, 0.1) is 0 Å². The van der Waals surface area contributed by atoms with Crippen molar-refractivity contribution in [3.8, 4) is 11.3 Å². The van der Waals surface area contributed by atoms with E-state index >= 15 is 0 Å². The van der Waals surface area contributed by atoms with E-state index in [4.69, 9.17) is 4.52 Å². The second-order valence-electron chi connectivity index (χ2n) is 5.04. The molecular formula is C16H22N4O. The van der Waals surface area contributed by atoms with Crippen molar-refractivity contribution in [1.29, 1.82) is 0 Å². The van der Waals surface area contributed by atoms with E-state index < -0.39 is 0 Å². The van der Waals surface area contributed by atoms with Crippen molar-refractivity contribution in [1.82, 2.24) is 15.8 Å². The fraction of sp³-hybridized carbons (Fsp3) is 0.375. The first-order valence-electron chi connectivity index (χ1n) is 7.25. The lowest BCUT2D eigenvalue weighted by Gasteiger charge is -2.13. The average Bonchev–Trinajstić information content (AvgIpc) is 2.94. The summed E-state index contributed by atoms with van der Waals surface area (Å²) in [5, 5.41) is 10.5. The van der Waals surface area contributed by atoms with Crippen LogP contribution < -0.4 is 10.6 Å². The second-order valence-corrected chi connectivity index (χ2v) is 5.04. The summed E-state index contributed by atoms with van der Waals surface area (Å²) in [6, 6.07) is 12.2. The van der Waals surface area contributed by atoms with Crippen molar-refractivity contribution in [2.24, 2.45) is 4.99 Å². The van der Waals surface area contributed by atoms with Crippen molar-refractivity contribution in [2.75, 3.05) is 6.54 Å². The molecule has 5 heteroatoms. The van der Waals surface area contributed by atoms with E-state index in [1.54, 1.807) is 0 Å². The average molecular weight is 286 g/mol. The molecule has 0 atom stereocenters. The Morgan fingerprint density at radius 2 is 2.05 bits per heavy atom. The van der Waals surface area contributed by atoms with Crippen LogP contribution in [0.25, 0.3) is 11.3 Å². The molecule has 0 aliphatic rings. The highest BCUT2D eigenvalue weighted by atomic mass is 16.5. The molecule has 0 radical (unpaired) electrons. The summed E-state index contributed by atoms with van der Waals surface area (Å²) in [6.45, 7) is 7.51. The normalized spacial score (nSPS) is 11.7. The summed E-state index contributed by atoms with van der Waals surface area (Å²) in [5.41, 5.74) is 1.84. The molecule has 0 unspecified atom stereocenters. The Bertz CT molecular complexity index is 575. The quantitative estimate of drug-likeness (QED) is 0.655. The summed E-state index contributed by atoms with van der Waals surface area (Å²) in [6.07, 6.45) is 0. The van der Waals surface area contributed by atoms with E-state index in [9.17, 15) is 0 Å². The molecule has 2 N–H and O–H groups in total. The summed E-state index contributed by atoms with van der Waals surface area (Å²) in [7, 11) is 0. The Kier molecular flexibility index (Phi) is 5.37. The van der Waals surface area contributed by atoms with Crippen LogP contribution in [0.5, 0.6) is 0 Å². The number of guanidine groups is 1. The van der Waals surface area contributed by atoms with Crippen LogP contribution in [0.15, 0.2) is 45.9 Å². The number of aromatic nitrogens is 1. The second kappa shape index (κ2) is 7.47. The minimum absolute atomic E-state index is 0.333. The maximum atomic E-state index is 5.36. The van der Waals surface area contributed by atoms with E-state index in [2.05, 4.69) is 34.6 Å². The molecule has 21 heavy (non-hydrogen) atoms. The Balaban J connectivity index is 2.04. The smallest absolute Gasteiger partial charge is 0.191 e. The van der Waals surface area contributed by atoms with Gasteiger partial charge >= 0.3 is 0 Å². The third-order valence-electron chi connectivity index (χ3n) is 2.79. The van der Waals surface area contributed by atoms with Gasteiger partial charge in [-0.15, -0.1) is 0 Å². The molecule has 1 heterocycles. The van der Waals surface area contributed by atoms with Gasteiger partial charge in [-0.2, -0.15) is 0 Å². The Hall–Kier alpha value is -2.30. The molecule has 112 valence electrons. The van der Waals surface area contributed by atoms with Crippen LogP contribution in [0.3, 0.4) is 0 Å². The zero-order chi connectivity index (χ0) is 15.1. The standard InChI is InChI=1S/C16H22N4O/c1-4-17-16(19-12(2)3)18-11-14-10-15(21-20-14)13-8-6-5-7-9-13/h5-10,12H,4,11H2,1-3H3,(H2,17,18,19). The zero-order valence-electron chi connectivity index (χ0n) is 12.8. The van der Waals surface area contributed by atoms with Gasteiger partial charge in [0.2, 0.25) is 0 Å². The number of hydrogen-bond acceptors (Lipinski definition) is 3. The first-order chi connectivity index (χ1) is 10.2. The van der Waals surface area contributed by atoms with Gasteiger partial charge in [-0.1, -0.05) is 35.5 Å². The van der Waals surface area contributed by atoms with Crippen LogP contribution in [0.2, 0.25) is 0 Å². The fourth-order valence-corrected chi connectivity index (χ4v) is 1.88. The summed E-state index contributed by atoms with van der Waals surface area (Å²) >= 11 is 0. The molecule has 5 nitrogen and oxygen atoms in total. The van der Waals surface area contributed by atoms with E-state index in [1.807, 2.05) is 43.3 Å². The molecule has 0 amide bonds. The van der Waals surface area contributed by atoms with Gasteiger partial charge in [0.15, 0.2) is 11.7 Å². The first kappa shape index (κ1) is 15.1. The number of nitrogens with zero attached hydrogens (tertiary/aromatic N) is 2. The molecule has 0 saturated heterocycles. The van der Waals surface area contributed by atoms with Crippen molar-refractivity contribution in [2.45, 2.75) is 33.4 Å². The highest BCUT2D eigenvalue weighted by Crippen LogP contribution is 2.19. The van der Waals surface area contributed by atoms with E-state index in [0.29, 0.717) is 12.6 Å². The third kappa shape index (κ3) is 4.63. The summed E-state index contributed by atoms with van der Waals surface area (Å²) in [4.78, 5) is 4.50. The van der Waals surface area contributed by atoms with Crippen molar-refractivity contribution in [3.05, 3.63) is 42.1 Å². The Morgan fingerprint density at radius 1 is 1.29 bits per heavy atom. The maximum absolute atomic E-state index is 5.36. The summed E-state index contributed by atoms with van der Waals surface area (Å²) in [5.74, 6) is 1.55. The number of rotatable bonds is 5. The molecule has 0 saturated carbocycles. The van der Waals surface area contributed by atoms with E-state index in [-0.39, 0.29) is 0 Å². The first-order valence-corrected chi connectivity index (χ1v) is 7.25. The predicted molar refractivity (Wildman–Crippen MR) is 85.0 cm³/mol. The number of hydrogen-bond donors (Lipinski definition) is 2. The molecule has 1 aromatic carbocycles. The number of aliphatic imine (C=N–C) groups is 1. The molecule has 0 bridgehead atoms. The SMILES string of the molecule is CCNC(=NCc1cc(-c2ccccc2)on1)NC(C)C. The zero-order valence-corrected chi connectivity index (χ0v) is 12.8. The fourth-order valence-electron chi connectivity index (χ4n) is 1.88. The van der Waals surface area contributed by atoms with Gasteiger partial charge in [-0.05, 0) is 20.8 Å². The topological polar surface area (TPSA) is 62.5 Å².